The van der Waals surface area contributed by atoms with Crippen LogP contribution in [0.2, 0.25) is 13.1 Å². The molecule has 0 saturated carbocycles. The molecule has 0 amide bonds. The molecule has 0 fully saturated rings. The topological polar surface area (TPSA) is 60.8 Å². The molecule has 4 nitrogen and oxygen atoms in total. The predicted molar refractivity (Wildman–Crippen MR) is 79.4 cm³/mol. The lowest BCUT2D eigenvalue weighted by molar-refractivity contribution is -0.00158. The lowest BCUT2D eigenvalue weighted by Crippen LogP contribution is -2.14. The highest BCUT2D eigenvalue weighted by atomic mass is 28.3. The highest BCUT2D eigenvalue weighted by Gasteiger charge is 2.06. The molecule has 0 spiro atoms. The van der Waals surface area contributed by atoms with Crippen LogP contribution in [0.25, 0.3) is 11.6 Å². The van der Waals surface area contributed by atoms with Crippen LogP contribution < -0.4 is 5.43 Å². The first kappa shape index (κ1) is 14.1. The Labute approximate surface area is 109 Å². The van der Waals surface area contributed by atoms with Crippen molar-refractivity contribution in [1.29, 1.82) is 0 Å². The minimum Gasteiger partial charge on any atom is -0.362 e. The first-order valence-corrected chi connectivity index (χ1v) is 8.19. The maximum atomic E-state index is 8.12. The van der Waals surface area contributed by atoms with Gasteiger partial charge in [0.15, 0.2) is 8.80 Å². The van der Waals surface area contributed by atoms with E-state index in [2.05, 4.69) is 28.4 Å². The monoisotopic (exact) mass is 257 g/mol. The Balaban J connectivity index is 0.000000203. The average molecular weight is 257 g/mol. The lowest BCUT2D eigenvalue weighted by atomic mass is 10.2. The summed E-state index contributed by atoms with van der Waals surface area (Å²) in [6, 6.07) is 8.05. The number of rotatable bonds is 1. The fourth-order valence-corrected chi connectivity index (χ4v) is 1.34. The van der Waals surface area contributed by atoms with Crippen LogP contribution >= 0.6 is 0 Å². The fraction of sp³-hybridized carbons (Fsp3) is 0.231. The Morgan fingerprint density at radius 2 is 2.06 bits per heavy atom. The minimum atomic E-state index is -0.463. The highest BCUT2D eigenvalue weighted by Crippen LogP contribution is 2.17. The van der Waals surface area contributed by atoms with E-state index in [9.17, 15) is 0 Å². The highest BCUT2D eigenvalue weighted by molar-refractivity contribution is 6.87. The lowest BCUT2D eigenvalue weighted by Gasteiger charge is -2.00. The van der Waals surface area contributed by atoms with Crippen LogP contribution in [0.3, 0.4) is 0 Å². The fourth-order valence-electron chi connectivity index (χ4n) is 1.14. The second kappa shape index (κ2) is 7.37. The van der Waals surface area contributed by atoms with E-state index in [1.165, 1.54) is 5.56 Å². The van der Waals surface area contributed by atoms with Crippen LogP contribution in [0, 0.1) is 0 Å². The number of para-hydroxylation sites is 1. The van der Waals surface area contributed by atoms with E-state index in [0.717, 1.165) is 11.0 Å². The number of anilines is 1. The van der Waals surface area contributed by atoms with Gasteiger partial charge in [-0.05, 0) is 17.7 Å². The zero-order chi connectivity index (χ0) is 13.4. The van der Waals surface area contributed by atoms with Crippen molar-refractivity contribution in [2.75, 3.05) is 5.43 Å². The molecule has 0 aromatic heterocycles. The van der Waals surface area contributed by atoms with E-state index in [0.29, 0.717) is 0 Å². The second-order valence-electron chi connectivity index (χ2n) is 4.02. The molecule has 0 bridgehead atoms. The van der Waals surface area contributed by atoms with Crippen LogP contribution in [-0.2, 0) is 0 Å². The molecule has 2 rings (SSSR count). The summed E-state index contributed by atoms with van der Waals surface area (Å²) < 4.78 is 0. The molecule has 93 valence electrons. The number of nitrogens with one attached hydrogen (secondary N) is 1. The molecule has 1 aromatic carbocycles. The van der Waals surface area contributed by atoms with Gasteiger partial charge in [0.05, 0.1) is 5.69 Å². The first-order valence-electron chi connectivity index (χ1n) is 5.69. The average Bonchev–Trinajstić information content (AvgIpc) is 2.63. The molecule has 1 aromatic rings. The van der Waals surface area contributed by atoms with Crippen LogP contribution in [0.15, 0.2) is 35.4 Å². The van der Waals surface area contributed by atoms with Gasteiger partial charge in [0.25, 0.3) is 0 Å². The van der Waals surface area contributed by atoms with Gasteiger partial charge < -0.3 is 5.53 Å². The molecular formula is C13H17N4Si. The van der Waals surface area contributed by atoms with Gasteiger partial charge in [0.2, 0.25) is 5.33 Å². The zero-order valence-electron chi connectivity index (χ0n) is 10.9. The number of hydrogen-bond donors (Lipinski definition) is 1. The molecule has 1 aliphatic heterocycles. The summed E-state index contributed by atoms with van der Waals surface area (Å²) in [6.07, 6.45) is 5.68. The van der Waals surface area contributed by atoms with Crippen molar-refractivity contribution in [3.8, 4) is 0 Å². The van der Waals surface area contributed by atoms with Crippen molar-refractivity contribution in [2.24, 2.45) is 5.10 Å². The van der Waals surface area contributed by atoms with Crippen molar-refractivity contribution in [1.82, 2.24) is 0 Å². The molecule has 1 radical (unpaired) electrons. The van der Waals surface area contributed by atoms with E-state index < -0.39 is 8.80 Å². The van der Waals surface area contributed by atoms with E-state index in [1.807, 2.05) is 43.3 Å². The maximum absolute atomic E-state index is 8.12. The van der Waals surface area contributed by atoms with Crippen LogP contribution in [-0.4, -0.2) is 25.1 Å². The third-order valence-corrected chi connectivity index (χ3v) is 4.00. The first-order chi connectivity index (χ1) is 8.65. The van der Waals surface area contributed by atoms with Gasteiger partial charge in [-0.25, -0.2) is 0 Å². The van der Waals surface area contributed by atoms with Crippen molar-refractivity contribution < 1.29 is 4.79 Å². The Morgan fingerprint density at radius 1 is 1.33 bits per heavy atom. The van der Waals surface area contributed by atoms with Gasteiger partial charge in [0.1, 0.15) is 0 Å². The maximum Gasteiger partial charge on any atom is 0.232 e. The number of allylic oxidation sites excluding steroid dienone is 1. The summed E-state index contributed by atoms with van der Waals surface area (Å²) in [5.74, 6) is 0. The predicted octanol–water partition coefficient (Wildman–Crippen LogP) is 3.08. The quantitative estimate of drug-likeness (QED) is 0.357. The summed E-state index contributed by atoms with van der Waals surface area (Å²) in [6.45, 7) is 6.01. The van der Waals surface area contributed by atoms with Gasteiger partial charge in [0, 0.05) is 13.1 Å². The minimum absolute atomic E-state index is 0.463. The molecule has 1 heterocycles. The molecule has 5 heteroatoms. The van der Waals surface area contributed by atoms with Crippen molar-refractivity contribution in [2.45, 2.75) is 20.0 Å². The van der Waals surface area contributed by atoms with Crippen LogP contribution in [0.4, 0.5) is 5.69 Å². The largest absolute Gasteiger partial charge is 0.362 e. The van der Waals surface area contributed by atoms with Crippen LogP contribution in [0.5, 0.6) is 0 Å². The van der Waals surface area contributed by atoms with Gasteiger partial charge in [-0.15, -0.1) is 0 Å². The van der Waals surface area contributed by atoms with Gasteiger partial charge >= 0.3 is 0 Å². The standard InChI is InChI=1S/C9H8N2.C4H9N2Si/c1-2-6-9-8(4-1)5-3-7-10-11-9;1-4(6-5)7(2)3/h1-7,11H;1-3H3. The molecule has 1 aliphatic rings. The number of benzene rings is 1. The van der Waals surface area contributed by atoms with Gasteiger partial charge in [-0.2, -0.15) is 9.89 Å². The summed E-state index contributed by atoms with van der Waals surface area (Å²) in [7, 11) is -0.463. The normalized spacial score (nSPS) is 11.6. The summed E-state index contributed by atoms with van der Waals surface area (Å²) in [4.78, 5) is 3.05. The molecule has 18 heavy (non-hydrogen) atoms. The number of fused-ring (bicyclic) bond motifs is 1. The molecule has 0 atom stereocenters. The Morgan fingerprint density at radius 3 is 2.67 bits per heavy atom. The zero-order valence-corrected chi connectivity index (χ0v) is 11.9. The van der Waals surface area contributed by atoms with Gasteiger partial charge in [-0.1, -0.05) is 37.4 Å². The Bertz CT molecular complexity index is 499. The SMILES string of the molecule is C1=Cc2ccccc2NN=C1.CC(=[N+]=[N-])[Si](C)C. The number of nitrogens with zero attached hydrogens (tertiary/aromatic N) is 3. The third kappa shape index (κ3) is 4.49. The van der Waals surface area contributed by atoms with Crippen molar-refractivity contribution in [3.63, 3.8) is 0 Å². The molecule has 0 saturated heterocycles. The summed E-state index contributed by atoms with van der Waals surface area (Å²) in [5, 5.41) is 4.83. The Hall–Kier alpha value is -1.97. The van der Waals surface area contributed by atoms with Gasteiger partial charge in [-0.3, -0.25) is 5.43 Å². The molecule has 1 N–H and O–H groups in total. The van der Waals surface area contributed by atoms with E-state index in [-0.39, 0.29) is 0 Å². The molecule has 0 aliphatic carbocycles. The smallest absolute Gasteiger partial charge is 0.232 e. The summed E-state index contributed by atoms with van der Waals surface area (Å²) in [5.41, 5.74) is 13.3. The number of hydrazone groups is 1. The van der Waals surface area contributed by atoms with Crippen LogP contribution in [0.1, 0.15) is 12.5 Å². The second-order valence-corrected chi connectivity index (χ2v) is 6.75. The summed E-state index contributed by atoms with van der Waals surface area (Å²) >= 11 is 0. The number of hydrogen-bond acceptors (Lipinski definition) is 2. The van der Waals surface area contributed by atoms with Crippen molar-refractivity contribution >= 4 is 32.1 Å². The van der Waals surface area contributed by atoms with Crippen molar-refractivity contribution in [3.05, 3.63) is 41.4 Å². The molecular weight excluding hydrogens is 240 g/mol. The molecule has 0 unspecified atom stereocenters. The van der Waals surface area contributed by atoms with E-state index in [1.54, 1.807) is 6.21 Å². The Kier molecular flexibility index (Phi) is 5.77. The van der Waals surface area contributed by atoms with E-state index in [4.69, 9.17) is 5.53 Å². The van der Waals surface area contributed by atoms with E-state index >= 15 is 0 Å². The third-order valence-electron chi connectivity index (χ3n) is 2.46.